The summed E-state index contributed by atoms with van der Waals surface area (Å²) < 4.78 is 13.0. The minimum atomic E-state index is -0.471. The van der Waals surface area contributed by atoms with Gasteiger partial charge in [0.1, 0.15) is 5.69 Å². The maximum absolute atomic E-state index is 13.7. The number of halogens is 1. The fourth-order valence-corrected chi connectivity index (χ4v) is 10.8. The molecule has 5 aliphatic rings. The van der Waals surface area contributed by atoms with Crippen molar-refractivity contribution < 1.29 is 23.9 Å². The smallest absolute Gasteiger partial charge is 0.311 e. The van der Waals surface area contributed by atoms with Crippen molar-refractivity contribution in [3.8, 4) is 0 Å². The maximum atomic E-state index is 13.7. The van der Waals surface area contributed by atoms with Crippen molar-refractivity contribution in [3.63, 3.8) is 0 Å². The molecule has 6 atom stereocenters. The first-order valence-electron chi connectivity index (χ1n) is 18.6. The highest BCUT2D eigenvalue weighted by Crippen LogP contribution is 2.75. The predicted molar refractivity (Wildman–Crippen MR) is 199 cm³/mol. The number of hydrogen-bond acceptors (Lipinski definition) is 7. The highest BCUT2D eigenvalue weighted by Gasteiger charge is 2.67. The second-order valence-electron chi connectivity index (χ2n) is 17.2. The third-order valence-corrected chi connectivity index (χ3v) is 14.4. The average Bonchev–Trinajstić information content (AvgIpc) is 3.57. The molecule has 5 aliphatic carbocycles. The molecule has 0 saturated heterocycles. The van der Waals surface area contributed by atoms with Gasteiger partial charge in [0.2, 0.25) is 5.78 Å². The summed E-state index contributed by atoms with van der Waals surface area (Å²) in [5.74, 6) is -0.0559. The minimum absolute atomic E-state index is 0.0109. The quantitative estimate of drug-likeness (QED) is 0.276. The lowest BCUT2D eigenvalue weighted by Gasteiger charge is -2.70. The van der Waals surface area contributed by atoms with Gasteiger partial charge in [0.05, 0.1) is 31.8 Å². The summed E-state index contributed by atoms with van der Waals surface area (Å²) in [6.45, 7) is 14.1. The Labute approximate surface area is 311 Å². The molecule has 0 bridgehead atoms. The summed E-state index contributed by atoms with van der Waals surface area (Å²) in [7, 11) is 1.51. The molecule has 276 valence electrons. The molecule has 0 aliphatic heterocycles. The zero-order valence-electron chi connectivity index (χ0n) is 31.5. The van der Waals surface area contributed by atoms with E-state index in [9.17, 15) is 14.4 Å². The van der Waals surface area contributed by atoms with E-state index in [1.807, 2.05) is 31.2 Å². The van der Waals surface area contributed by atoms with Crippen LogP contribution in [0.4, 0.5) is 0 Å². The molecular weight excluding hydrogens is 676 g/mol. The van der Waals surface area contributed by atoms with Gasteiger partial charge < -0.3 is 14.8 Å². The SMILES string of the molecule is COC(=O)[C@]1(C)CC[C@]2(C)CC[C@]3(C)C4=CC=C5C(=CC(=O)C(OCC(=O)NCc6cn(Cc7ccc(Cl)cc7)nn6)=C5C)[C@]4(C)CC[C@@]3(C)[C@@H]2C1. The number of nitrogens with one attached hydrogen (secondary N) is 1. The van der Waals surface area contributed by atoms with E-state index in [4.69, 9.17) is 21.1 Å². The first-order valence-corrected chi connectivity index (χ1v) is 19.0. The second-order valence-corrected chi connectivity index (χ2v) is 17.6. The van der Waals surface area contributed by atoms with Gasteiger partial charge >= 0.3 is 5.97 Å². The highest BCUT2D eigenvalue weighted by molar-refractivity contribution is 6.30. The molecule has 1 N–H and O–H groups in total. The standard InChI is InChI=1S/C42H51ClN4O5/c1-26-30-12-13-33-40(4,17-19-42(6)34-21-39(3,37(50)51-7)15-14-38(34,2)16-18-41(33,42)5)31(30)20-32(48)36(26)52-25-35(49)44-22-29-24-47(46-45-29)23-27-8-10-28(43)11-9-27/h8-13,20,24,34H,14-19,21-23,25H2,1-7H3,(H,44,49)/t34-,38-,39-,40+,41-,42+/m1/s1. The number of fused-ring (bicyclic) bond motifs is 7. The number of aromatic nitrogens is 3. The Balaban J connectivity index is 1.06. The Morgan fingerprint density at radius 2 is 1.73 bits per heavy atom. The third kappa shape index (κ3) is 5.78. The minimum Gasteiger partial charge on any atom is -0.479 e. The maximum Gasteiger partial charge on any atom is 0.311 e. The lowest BCUT2D eigenvalue weighted by atomic mass is 9.34. The van der Waals surface area contributed by atoms with Gasteiger partial charge in [0.15, 0.2) is 12.4 Å². The number of methoxy groups -OCH3 is 1. The zero-order valence-corrected chi connectivity index (χ0v) is 32.3. The monoisotopic (exact) mass is 726 g/mol. The van der Waals surface area contributed by atoms with Gasteiger partial charge in [-0.1, -0.05) is 74.4 Å². The summed E-state index contributed by atoms with van der Waals surface area (Å²) in [5.41, 5.74) is 5.14. The molecule has 1 heterocycles. The summed E-state index contributed by atoms with van der Waals surface area (Å²) in [5, 5.41) is 11.8. The molecule has 7 rings (SSSR count). The number of rotatable bonds is 8. The highest BCUT2D eigenvalue weighted by atomic mass is 35.5. The van der Waals surface area contributed by atoms with E-state index in [0.717, 1.165) is 67.2 Å². The van der Waals surface area contributed by atoms with Crippen LogP contribution in [0.2, 0.25) is 5.02 Å². The lowest BCUT2D eigenvalue weighted by molar-refractivity contribution is -0.180. The van der Waals surface area contributed by atoms with Crippen LogP contribution in [0.15, 0.2) is 76.7 Å². The van der Waals surface area contributed by atoms with Crippen LogP contribution < -0.4 is 5.32 Å². The van der Waals surface area contributed by atoms with Crippen molar-refractivity contribution in [2.75, 3.05) is 13.7 Å². The third-order valence-electron chi connectivity index (χ3n) is 14.2. The molecule has 0 unspecified atom stereocenters. The molecule has 0 spiro atoms. The molecular formula is C42H51ClN4O5. The molecule has 1 aromatic heterocycles. The van der Waals surface area contributed by atoms with E-state index in [1.54, 1.807) is 17.0 Å². The van der Waals surface area contributed by atoms with E-state index in [0.29, 0.717) is 23.2 Å². The Morgan fingerprint density at radius 3 is 2.46 bits per heavy atom. The zero-order chi connectivity index (χ0) is 37.3. The molecule has 2 aromatic rings. The van der Waals surface area contributed by atoms with Crippen LogP contribution in [0.5, 0.6) is 0 Å². The normalized spacial score (nSPS) is 33.7. The number of carbonyl (C=O) groups is 3. The Hall–Kier alpha value is -3.98. The number of allylic oxidation sites excluding steroid dienone is 7. The summed E-state index contributed by atoms with van der Waals surface area (Å²) in [6.07, 6.45) is 14.9. The van der Waals surface area contributed by atoms with E-state index >= 15 is 0 Å². The van der Waals surface area contributed by atoms with Gasteiger partial charge in [-0.25, -0.2) is 4.68 Å². The molecule has 3 fully saturated rings. The molecule has 52 heavy (non-hydrogen) atoms. The van der Waals surface area contributed by atoms with Crippen molar-refractivity contribution in [2.24, 2.45) is 33.0 Å². The van der Waals surface area contributed by atoms with Crippen LogP contribution in [0.3, 0.4) is 0 Å². The van der Waals surface area contributed by atoms with E-state index in [1.165, 1.54) is 12.7 Å². The number of ketones is 1. The van der Waals surface area contributed by atoms with Gasteiger partial charge in [-0.15, -0.1) is 5.10 Å². The van der Waals surface area contributed by atoms with Gasteiger partial charge in [0.25, 0.3) is 5.91 Å². The lowest BCUT2D eigenvalue weighted by Crippen LogP contribution is -2.62. The topological polar surface area (TPSA) is 112 Å². The summed E-state index contributed by atoms with van der Waals surface area (Å²) >= 11 is 5.98. The van der Waals surface area contributed by atoms with Crippen molar-refractivity contribution in [1.82, 2.24) is 20.3 Å². The molecule has 10 heteroatoms. The van der Waals surface area contributed by atoms with Crippen LogP contribution in [-0.4, -0.2) is 46.4 Å². The largest absolute Gasteiger partial charge is 0.479 e. The van der Waals surface area contributed by atoms with E-state index in [-0.39, 0.29) is 58.2 Å². The van der Waals surface area contributed by atoms with Crippen molar-refractivity contribution in [1.29, 1.82) is 0 Å². The molecule has 3 saturated carbocycles. The van der Waals surface area contributed by atoms with Crippen LogP contribution in [0.25, 0.3) is 0 Å². The van der Waals surface area contributed by atoms with Crippen LogP contribution >= 0.6 is 11.6 Å². The summed E-state index contributed by atoms with van der Waals surface area (Å²) in [4.78, 5) is 39.6. The molecule has 1 aromatic carbocycles. The fourth-order valence-electron chi connectivity index (χ4n) is 10.7. The number of ether oxygens (including phenoxy) is 2. The number of amides is 1. The fraction of sp³-hybridized carbons (Fsp3) is 0.548. The van der Waals surface area contributed by atoms with Crippen molar-refractivity contribution in [2.45, 2.75) is 99.6 Å². The van der Waals surface area contributed by atoms with Crippen molar-refractivity contribution in [3.05, 3.63) is 93.0 Å². The second kappa shape index (κ2) is 12.9. The van der Waals surface area contributed by atoms with Crippen LogP contribution in [0.1, 0.15) is 97.7 Å². The van der Waals surface area contributed by atoms with Gasteiger partial charge in [-0.2, -0.15) is 0 Å². The number of hydrogen-bond donors (Lipinski definition) is 1. The van der Waals surface area contributed by atoms with Gasteiger partial charge in [-0.3, -0.25) is 14.4 Å². The van der Waals surface area contributed by atoms with Crippen LogP contribution in [0, 0.1) is 33.0 Å². The number of esters is 1. The van der Waals surface area contributed by atoms with Gasteiger partial charge in [0, 0.05) is 16.0 Å². The molecule has 9 nitrogen and oxygen atoms in total. The van der Waals surface area contributed by atoms with E-state index < -0.39 is 5.41 Å². The predicted octanol–water partition coefficient (Wildman–Crippen LogP) is 7.85. The first kappa shape index (κ1) is 36.4. The molecule has 1 amide bonds. The van der Waals surface area contributed by atoms with Crippen LogP contribution in [-0.2, 0) is 36.9 Å². The average molecular weight is 727 g/mol. The Bertz CT molecular complexity index is 1960. The Kier molecular flexibility index (Phi) is 8.99. The number of benzene rings is 1. The van der Waals surface area contributed by atoms with E-state index in [2.05, 4.69) is 62.4 Å². The first-order chi connectivity index (χ1) is 24.5. The Morgan fingerprint density at radius 1 is 1.00 bits per heavy atom. The summed E-state index contributed by atoms with van der Waals surface area (Å²) in [6, 6.07) is 7.52. The van der Waals surface area contributed by atoms with Crippen molar-refractivity contribution >= 4 is 29.3 Å². The molecule has 0 radical (unpaired) electrons. The number of carbonyl (C=O) groups excluding carboxylic acids is 3. The number of nitrogens with zero attached hydrogens (tertiary/aromatic N) is 3. The van der Waals surface area contributed by atoms with Gasteiger partial charge in [-0.05, 0) is 116 Å².